The van der Waals surface area contributed by atoms with Crippen LogP contribution in [0.1, 0.15) is 32.4 Å². The molecule has 0 spiro atoms. The highest BCUT2D eigenvalue weighted by molar-refractivity contribution is 9.10. The van der Waals surface area contributed by atoms with Crippen molar-refractivity contribution >= 4 is 33.5 Å². The number of aromatic nitrogens is 1. The Kier molecular flexibility index (Phi) is 4.71. The summed E-state index contributed by atoms with van der Waals surface area (Å²) in [7, 11) is 0. The molecule has 0 saturated heterocycles. The zero-order valence-electron chi connectivity index (χ0n) is 10.2. The second kappa shape index (κ2) is 5.68. The minimum atomic E-state index is -1.13. The van der Waals surface area contributed by atoms with E-state index in [4.69, 9.17) is 21.6 Å². The van der Waals surface area contributed by atoms with Gasteiger partial charge in [-0.25, -0.2) is 4.98 Å². The number of esters is 1. The topological polar surface area (TPSA) is 63.0 Å². The van der Waals surface area contributed by atoms with Gasteiger partial charge in [0.05, 0.1) is 16.8 Å². The summed E-state index contributed by atoms with van der Waals surface area (Å²) >= 11 is 9.12. The Hall–Kier alpha value is -1.12. The van der Waals surface area contributed by atoms with E-state index in [0.29, 0.717) is 4.60 Å². The molecule has 18 heavy (non-hydrogen) atoms. The molecule has 1 heterocycles. The molecule has 1 atom stereocenters. The Bertz CT molecular complexity index is 506. The summed E-state index contributed by atoms with van der Waals surface area (Å²) in [6, 6.07) is 5.07. The maximum absolute atomic E-state index is 11.9. The summed E-state index contributed by atoms with van der Waals surface area (Å²) in [6.07, 6.45) is 0. The van der Waals surface area contributed by atoms with Crippen molar-refractivity contribution in [2.24, 2.45) is 0 Å². The van der Waals surface area contributed by atoms with E-state index in [9.17, 15) is 4.79 Å². The lowest BCUT2D eigenvalue weighted by Gasteiger charge is -2.21. The summed E-state index contributed by atoms with van der Waals surface area (Å²) in [6.45, 7) is 5.19. The first kappa shape index (κ1) is 14.9. The molecule has 0 radical (unpaired) electrons. The molecule has 1 aromatic heterocycles. The van der Waals surface area contributed by atoms with Crippen molar-refractivity contribution in [3.63, 3.8) is 0 Å². The van der Waals surface area contributed by atoms with Gasteiger partial charge in [-0.15, -0.1) is 0 Å². The molecule has 1 unspecified atom stereocenters. The summed E-state index contributed by atoms with van der Waals surface area (Å²) in [5.41, 5.74) is -0.465. The van der Waals surface area contributed by atoms with Crippen molar-refractivity contribution in [2.75, 3.05) is 0 Å². The van der Waals surface area contributed by atoms with Crippen LogP contribution in [0.5, 0.6) is 0 Å². The molecule has 96 valence electrons. The summed E-state index contributed by atoms with van der Waals surface area (Å²) < 4.78 is 5.67. The molecule has 4 nitrogen and oxygen atoms in total. The molecule has 0 amide bonds. The van der Waals surface area contributed by atoms with E-state index < -0.39 is 17.5 Å². The average molecular weight is 332 g/mol. The van der Waals surface area contributed by atoms with Gasteiger partial charge >= 0.3 is 5.97 Å². The van der Waals surface area contributed by atoms with Gasteiger partial charge in [0.1, 0.15) is 10.2 Å². The second-order valence-electron chi connectivity index (χ2n) is 4.60. The second-order valence-corrected chi connectivity index (χ2v) is 5.82. The standard InChI is InChI=1S/C12H12BrClN2O2/c1-12(2,3)18-11(17)7(6-15)10-8(14)4-5-9(13)16-10/h4-5,7H,1-3H3. The van der Waals surface area contributed by atoms with E-state index in [1.54, 1.807) is 32.9 Å². The van der Waals surface area contributed by atoms with E-state index in [2.05, 4.69) is 20.9 Å². The van der Waals surface area contributed by atoms with E-state index in [1.165, 1.54) is 0 Å². The molecule has 0 aliphatic rings. The molecule has 0 fully saturated rings. The van der Waals surface area contributed by atoms with E-state index in [1.807, 2.05) is 6.07 Å². The van der Waals surface area contributed by atoms with Gasteiger partial charge in [0.2, 0.25) is 0 Å². The van der Waals surface area contributed by atoms with Crippen LogP contribution in [0, 0.1) is 11.3 Å². The SMILES string of the molecule is CC(C)(C)OC(=O)C(C#N)c1nc(Br)ccc1Cl. The van der Waals surface area contributed by atoms with Crippen molar-refractivity contribution in [3.05, 3.63) is 27.5 Å². The van der Waals surface area contributed by atoms with Crippen LogP contribution < -0.4 is 0 Å². The highest BCUT2D eigenvalue weighted by Crippen LogP contribution is 2.26. The molecule has 6 heteroatoms. The van der Waals surface area contributed by atoms with Gasteiger partial charge < -0.3 is 4.74 Å². The number of hydrogen-bond acceptors (Lipinski definition) is 4. The number of pyridine rings is 1. The van der Waals surface area contributed by atoms with Crippen molar-refractivity contribution in [2.45, 2.75) is 32.3 Å². The number of ether oxygens (including phenoxy) is 1. The summed E-state index contributed by atoms with van der Waals surface area (Å²) in [5.74, 6) is -1.79. The Morgan fingerprint density at radius 1 is 1.56 bits per heavy atom. The third-order valence-corrected chi connectivity index (χ3v) is 2.65. The van der Waals surface area contributed by atoms with Gasteiger partial charge in [-0.3, -0.25) is 4.79 Å². The zero-order valence-corrected chi connectivity index (χ0v) is 12.5. The molecule has 0 N–H and O–H groups in total. The van der Waals surface area contributed by atoms with Crippen LogP contribution >= 0.6 is 27.5 Å². The first-order valence-corrected chi connectivity index (χ1v) is 6.36. The highest BCUT2D eigenvalue weighted by atomic mass is 79.9. The third kappa shape index (κ3) is 3.97. The third-order valence-electron chi connectivity index (χ3n) is 1.88. The number of carbonyl (C=O) groups is 1. The summed E-state index contributed by atoms with van der Waals surface area (Å²) in [5, 5.41) is 9.36. The first-order valence-electron chi connectivity index (χ1n) is 5.19. The van der Waals surface area contributed by atoms with Crippen molar-refractivity contribution < 1.29 is 9.53 Å². The fourth-order valence-electron chi connectivity index (χ4n) is 1.22. The van der Waals surface area contributed by atoms with E-state index in [-0.39, 0.29) is 10.7 Å². The van der Waals surface area contributed by atoms with Gasteiger partial charge in [0, 0.05) is 0 Å². The smallest absolute Gasteiger partial charge is 0.330 e. The normalized spacial score (nSPS) is 12.7. The lowest BCUT2D eigenvalue weighted by Crippen LogP contribution is -2.27. The molecule has 0 saturated carbocycles. The lowest BCUT2D eigenvalue weighted by molar-refractivity contribution is -0.155. The van der Waals surface area contributed by atoms with Crippen LogP contribution in [-0.4, -0.2) is 16.6 Å². The molecular formula is C12H12BrClN2O2. The minimum absolute atomic E-state index is 0.197. The van der Waals surface area contributed by atoms with Crippen molar-refractivity contribution in [3.8, 4) is 6.07 Å². The number of hydrogen-bond donors (Lipinski definition) is 0. The highest BCUT2D eigenvalue weighted by Gasteiger charge is 2.29. The number of nitriles is 1. The van der Waals surface area contributed by atoms with Crippen LogP contribution in [-0.2, 0) is 9.53 Å². The Morgan fingerprint density at radius 2 is 2.17 bits per heavy atom. The van der Waals surface area contributed by atoms with Gasteiger partial charge in [-0.2, -0.15) is 5.26 Å². The molecule has 1 aromatic rings. The molecule has 0 bridgehead atoms. The quantitative estimate of drug-likeness (QED) is 0.615. The molecular weight excluding hydrogens is 320 g/mol. The van der Waals surface area contributed by atoms with Gasteiger partial charge in [-0.05, 0) is 48.8 Å². The summed E-state index contributed by atoms with van der Waals surface area (Å²) in [4.78, 5) is 16.0. The molecule has 1 rings (SSSR count). The maximum atomic E-state index is 11.9. The fraction of sp³-hybridized carbons (Fsp3) is 0.417. The number of rotatable bonds is 2. The zero-order chi connectivity index (χ0) is 13.9. The fourth-order valence-corrected chi connectivity index (χ4v) is 1.76. The van der Waals surface area contributed by atoms with Crippen LogP contribution in [0.15, 0.2) is 16.7 Å². The van der Waals surface area contributed by atoms with Crippen molar-refractivity contribution in [1.29, 1.82) is 5.26 Å². The Balaban J connectivity index is 3.08. The van der Waals surface area contributed by atoms with Gasteiger partial charge in [0.25, 0.3) is 0 Å². The van der Waals surface area contributed by atoms with Gasteiger partial charge in [-0.1, -0.05) is 11.6 Å². The molecule has 0 aliphatic heterocycles. The van der Waals surface area contributed by atoms with Crippen LogP contribution in [0.25, 0.3) is 0 Å². The monoisotopic (exact) mass is 330 g/mol. The Labute approximate surface area is 119 Å². The number of nitrogens with zero attached hydrogens (tertiary/aromatic N) is 2. The predicted octanol–water partition coefficient (Wildman–Crippen LogP) is 3.45. The largest absolute Gasteiger partial charge is 0.459 e. The lowest BCUT2D eigenvalue weighted by atomic mass is 10.1. The first-order chi connectivity index (χ1) is 8.24. The van der Waals surface area contributed by atoms with Crippen LogP contribution in [0.3, 0.4) is 0 Å². The van der Waals surface area contributed by atoms with Gasteiger partial charge in [0.15, 0.2) is 5.92 Å². The number of halogens is 2. The van der Waals surface area contributed by atoms with E-state index in [0.717, 1.165) is 0 Å². The Morgan fingerprint density at radius 3 is 2.67 bits per heavy atom. The average Bonchev–Trinajstić information content (AvgIpc) is 2.21. The van der Waals surface area contributed by atoms with Crippen LogP contribution in [0.2, 0.25) is 5.02 Å². The predicted molar refractivity (Wildman–Crippen MR) is 71.1 cm³/mol. The molecule has 0 aromatic carbocycles. The maximum Gasteiger partial charge on any atom is 0.330 e. The minimum Gasteiger partial charge on any atom is -0.459 e. The number of carbonyl (C=O) groups excluding carboxylic acids is 1. The molecule has 0 aliphatic carbocycles. The van der Waals surface area contributed by atoms with Crippen molar-refractivity contribution in [1.82, 2.24) is 4.98 Å². The van der Waals surface area contributed by atoms with Crippen LogP contribution in [0.4, 0.5) is 0 Å². The van der Waals surface area contributed by atoms with E-state index >= 15 is 0 Å².